The topological polar surface area (TPSA) is 109 Å². The Kier molecular flexibility index (Phi) is 7.17. The number of carbonyl (C=O) groups is 2. The van der Waals surface area contributed by atoms with Crippen LogP contribution in [0.1, 0.15) is 48.4 Å². The summed E-state index contributed by atoms with van der Waals surface area (Å²) in [5, 5.41) is 2.92. The number of benzene rings is 1. The molecule has 1 aromatic heterocycles. The first kappa shape index (κ1) is 23.0. The SMILES string of the molecule is Cc1ccc(S(=O)(=O)NCc2ccco2)cc1C(=O)N1CCC(C(=O)NC(C)C)CC1. The van der Waals surface area contributed by atoms with Gasteiger partial charge in [0.1, 0.15) is 5.76 Å². The maximum atomic E-state index is 13.1. The molecule has 1 fully saturated rings. The minimum absolute atomic E-state index is 0.0222. The number of amides is 2. The lowest BCUT2D eigenvalue weighted by Crippen LogP contribution is -2.44. The highest BCUT2D eigenvalue weighted by Crippen LogP contribution is 2.22. The number of carbonyl (C=O) groups excluding carboxylic acids is 2. The van der Waals surface area contributed by atoms with Crippen LogP contribution in [0.15, 0.2) is 45.9 Å². The predicted molar refractivity (Wildman–Crippen MR) is 116 cm³/mol. The van der Waals surface area contributed by atoms with Crippen molar-refractivity contribution in [3.05, 3.63) is 53.5 Å². The van der Waals surface area contributed by atoms with E-state index in [-0.39, 0.29) is 35.2 Å². The van der Waals surface area contributed by atoms with Gasteiger partial charge in [-0.15, -0.1) is 0 Å². The fraction of sp³-hybridized carbons (Fsp3) is 0.455. The summed E-state index contributed by atoms with van der Waals surface area (Å²) in [6.45, 7) is 6.57. The monoisotopic (exact) mass is 447 g/mol. The lowest BCUT2D eigenvalue weighted by Gasteiger charge is -2.32. The van der Waals surface area contributed by atoms with Crippen LogP contribution in [0.5, 0.6) is 0 Å². The van der Waals surface area contributed by atoms with Crippen molar-refractivity contribution in [2.45, 2.75) is 51.1 Å². The quantitative estimate of drug-likeness (QED) is 0.678. The molecule has 1 saturated heterocycles. The van der Waals surface area contributed by atoms with E-state index in [0.29, 0.717) is 42.8 Å². The van der Waals surface area contributed by atoms with Gasteiger partial charge in [-0.05, 0) is 63.4 Å². The maximum Gasteiger partial charge on any atom is 0.254 e. The Hall–Kier alpha value is -2.65. The standard InChI is InChI=1S/C22H29N3O5S/c1-15(2)24-21(26)17-8-10-25(11-9-17)22(27)20-13-19(7-6-16(20)3)31(28,29)23-14-18-5-4-12-30-18/h4-7,12-13,15,17,23H,8-11,14H2,1-3H3,(H,24,26). The van der Waals surface area contributed by atoms with E-state index in [4.69, 9.17) is 4.42 Å². The molecule has 1 aliphatic heterocycles. The third kappa shape index (κ3) is 5.74. The van der Waals surface area contributed by atoms with Crippen molar-refractivity contribution in [3.8, 4) is 0 Å². The van der Waals surface area contributed by atoms with Crippen molar-refractivity contribution in [1.29, 1.82) is 0 Å². The Balaban J connectivity index is 1.68. The van der Waals surface area contributed by atoms with Crippen LogP contribution in [-0.4, -0.2) is 44.3 Å². The Morgan fingerprint density at radius 3 is 2.52 bits per heavy atom. The molecule has 0 radical (unpaired) electrons. The molecule has 0 atom stereocenters. The van der Waals surface area contributed by atoms with Crippen LogP contribution in [0.2, 0.25) is 0 Å². The molecular formula is C22H29N3O5S. The molecule has 0 saturated carbocycles. The molecule has 2 amide bonds. The molecule has 1 aromatic carbocycles. The Morgan fingerprint density at radius 1 is 1.19 bits per heavy atom. The zero-order valence-corrected chi connectivity index (χ0v) is 18.9. The van der Waals surface area contributed by atoms with Gasteiger partial charge in [0.25, 0.3) is 5.91 Å². The fourth-order valence-corrected chi connectivity index (χ4v) is 4.60. The molecule has 31 heavy (non-hydrogen) atoms. The first-order chi connectivity index (χ1) is 14.7. The van der Waals surface area contributed by atoms with Crippen LogP contribution in [0.4, 0.5) is 0 Å². The molecule has 2 N–H and O–H groups in total. The molecule has 3 rings (SSSR count). The molecule has 2 aromatic rings. The number of nitrogens with zero attached hydrogens (tertiary/aromatic N) is 1. The normalized spacial score (nSPS) is 15.3. The van der Waals surface area contributed by atoms with Gasteiger partial charge < -0.3 is 14.6 Å². The number of furan rings is 1. The number of hydrogen-bond acceptors (Lipinski definition) is 5. The molecule has 0 unspecified atom stereocenters. The first-order valence-corrected chi connectivity index (χ1v) is 11.9. The highest BCUT2D eigenvalue weighted by Gasteiger charge is 2.29. The summed E-state index contributed by atoms with van der Waals surface area (Å²) in [4.78, 5) is 27.0. The number of likely N-dealkylation sites (tertiary alicyclic amines) is 1. The maximum absolute atomic E-state index is 13.1. The molecule has 8 nitrogen and oxygen atoms in total. The van der Waals surface area contributed by atoms with Gasteiger partial charge in [0.15, 0.2) is 0 Å². The molecule has 9 heteroatoms. The number of aryl methyl sites for hydroxylation is 1. The van der Waals surface area contributed by atoms with Crippen molar-refractivity contribution in [1.82, 2.24) is 14.9 Å². The summed E-state index contributed by atoms with van der Waals surface area (Å²) in [5.74, 6) is 0.193. The molecule has 0 bridgehead atoms. The lowest BCUT2D eigenvalue weighted by atomic mass is 9.95. The summed E-state index contributed by atoms with van der Waals surface area (Å²) >= 11 is 0. The van der Waals surface area contributed by atoms with Crippen LogP contribution >= 0.6 is 0 Å². The smallest absolute Gasteiger partial charge is 0.254 e. The van der Waals surface area contributed by atoms with Crippen LogP contribution in [0.25, 0.3) is 0 Å². The number of hydrogen-bond donors (Lipinski definition) is 2. The fourth-order valence-electron chi connectivity index (χ4n) is 3.58. The molecule has 0 spiro atoms. The van der Waals surface area contributed by atoms with Crippen LogP contribution < -0.4 is 10.0 Å². The van der Waals surface area contributed by atoms with Crippen LogP contribution in [-0.2, 0) is 21.4 Å². The van der Waals surface area contributed by atoms with Gasteiger partial charge in [-0.2, -0.15) is 0 Å². The second kappa shape index (κ2) is 9.65. The lowest BCUT2D eigenvalue weighted by molar-refractivity contribution is -0.126. The van der Waals surface area contributed by atoms with Gasteiger partial charge in [0.2, 0.25) is 15.9 Å². The number of sulfonamides is 1. The highest BCUT2D eigenvalue weighted by molar-refractivity contribution is 7.89. The number of piperidine rings is 1. The van der Waals surface area contributed by atoms with E-state index >= 15 is 0 Å². The first-order valence-electron chi connectivity index (χ1n) is 10.4. The Morgan fingerprint density at radius 2 is 1.90 bits per heavy atom. The second-order valence-electron chi connectivity index (χ2n) is 8.11. The van der Waals surface area contributed by atoms with E-state index in [2.05, 4.69) is 10.0 Å². The second-order valence-corrected chi connectivity index (χ2v) is 9.88. The number of rotatable bonds is 7. The van der Waals surface area contributed by atoms with E-state index < -0.39 is 10.0 Å². The summed E-state index contributed by atoms with van der Waals surface area (Å²) in [7, 11) is -3.81. The average Bonchev–Trinajstić information content (AvgIpc) is 3.25. The molecule has 168 valence electrons. The molecular weight excluding hydrogens is 418 g/mol. The van der Waals surface area contributed by atoms with E-state index in [1.807, 2.05) is 13.8 Å². The van der Waals surface area contributed by atoms with Gasteiger partial charge in [-0.1, -0.05) is 6.07 Å². The van der Waals surface area contributed by atoms with Crippen molar-refractivity contribution < 1.29 is 22.4 Å². The van der Waals surface area contributed by atoms with Crippen LogP contribution in [0.3, 0.4) is 0 Å². The Labute approximate surface area is 183 Å². The zero-order valence-electron chi connectivity index (χ0n) is 18.1. The van der Waals surface area contributed by atoms with Gasteiger partial charge in [0, 0.05) is 30.6 Å². The largest absolute Gasteiger partial charge is 0.468 e. The minimum Gasteiger partial charge on any atom is -0.468 e. The predicted octanol–water partition coefficient (Wildman–Crippen LogP) is 2.44. The van der Waals surface area contributed by atoms with Crippen molar-refractivity contribution in [3.63, 3.8) is 0 Å². The van der Waals surface area contributed by atoms with Gasteiger partial charge in [0.05, 0.1) is 17.7 Å². The average molecular weight is 448 g/mol. The van der Waals surface area contributed by atoms with Crippen LogP contribution in [0, 0.1) is 12.8 Å². The summed E-state index contributed by atoms with van der Waals surface area (Å²) in [6.07, 6.45) is 2.65. The summed E-state index contributed by atoms with van der Waals surface area (Å²) in [6, 6.07) is 7.98. The molecule has 0 aliphatic carbocycles. The van der Waals surface area contributed by atoms with Crippen molar-refractivity contribution in [2.24, 2.45) is 5.92 Å². The van der Waals surface area contributed by atoms with Crippen molar-refractivity contribution >= 4 is 21.8 Å². The van der Waals surface area contributed by atoms with Gasteiger partial charge in [-0.25, -0.2) is 13.1 Å². The van der Waals surface area contributed by atoms with Gasteiger partial charge >= 0.3 is 0 Å². The third-order valence-electron chi connectivity index (χ3n) is 5.35. The van der Waals surface area contributed by atoms with E-state index in [1.54, 1.807) is 30.0 Å². The Bertz CT molecular complexity index is 1020. The molecule has 2 heterocycles. The third-order valence-corrected chi connectivity index (χ3v) is 6.75. The van der Waals surface area contributed by atoms with Gasteiger partial charge in [-0.3, -0.25) is 9.59 Å². The summed E-state index contributed by atoms with van der Waals surface area (Å²) < 4.78 is 33.0. The zero-order chi connectivity index (χ0) is 22.6. The number of nitrogens with one attached hydrogen (secondary N) is 2. The van der Waals surface area contributed by atoms with E-state index in [9.17, 15) is 18.0 Å². The van der Waals surface area contributed by atoms with E-state index in [0.717, 1.165) is 0 Å². The van der Waals surface area contributed by atoms with Crippen molar-refractivity contribution in [2.75, 3.05) is 13.1 Å². The van der Waals surface area contributed by atoms with E-state index in [1.165, 1.54) is 18.4 Å². The minimum atomic E-state index is -3.81. The highest BCUT2D eigenvalue weighted by atomic mass is 32.2. The summed E-state index contributed by atoms with van der Waals surface area (Å²) in [5.41, 5.74) is 1.06. The molecule has 1 aliphatic rings.